The third-order valence-electron chi connectivity index (χ3n) is 5.60. The van der Waals surface area contributed by atoms with Gasteiger partial charge in [0.2, 0.25) is 0 Å². The summed E-state index contributed by atoms with van der Waals surface area (Å²) in [5.74, 6) is -0.902. The second-order valence-electron chi connectivity index (χ2n) is 8.45. The number of rotatable bonds is 10. The van der Waals surface area contributed by atoms with E-state index < -0.39 is 5.97 Å². The Bertz CT molecular complexity index is 882. The van der Waals surface area contributed by atoms with E-state index in [0.29, 0.717) is 12.1 Å². The summed E-state index contributed by atoms with van der Waals surface area (Å²) in [4.78, 5) is 22.2. The summed E-state index contributed by atoms with van der Waals surface area (Å²) < 4.78 is 11.1. The molecule has 1 aromatic heterocycles. The number of anilines is 3. The lowest BCUT2D eigenvalue weighted by Gasteiger charge is -2.36. The first-order valence-electron chi connectivity index (χ1n) is 11.3. The fourth-order valence-corrected chi connectivity index (χ4v) is 4.02. The molecule has 0 amide bonds. The number of benzene rings is 1. The first-order chi connectivity index (χ1) is 15.4. The van der Waals surface area contributed by atoms with Crippen LogP contribution >= 0.6 is 0 Å². The van der Waals surface area contributed by atoms with Crippen LogP contribution in [0.3, 0.4) is 0 Å². The quantitative estimate of drug-likeness (QED) is 0.551. The predicted molar refractivity (Wildman–Crippen MR) is 125 cm³/mol. The Labute approximate surface area is 190 Å². The van der Waals surface area contributed by atoms with Crippen molar-refractivity contribution >= 4 is 23.0 Å². The molecule has 32 heavy (non-hydrogen) atoms. The van der Waals surface area contributed by atoms with E-state index in [2.05, 4.69) is 33.2 Å². The molecule has 8 nitrogen and oxygen atoms in total. The van der Waals surface area contributed by atoms with Crippen molar-refractivity contribution in [2.24, 2.45) is 0 Å². The molecule has 0 aliphatic carbocycles. The molecule has 2 heterocycles. The number of hydrogen-bond donors (Lipinski definition) is 2. The Morgan fingerprint density at radius 2 is 1.94 bits per heavy atom. The van der Waals surface area contributed by atoms with E-state index >= 15 is 0 Å². The number of carboxylic acid groups (broad SMARTS) is 1. The lowest BCUT2D eigenvalue weighted by atomic mass is 9.96. The van der Waals surface area contributed by atoms with E-state index in [1.54, 1.807) is 12.4 Å². The second-order valence-corrected chi connectivity index (χ2v) is 8.45. The van der Waals surface area contributed by atoms with Crippen LogP contribution in [0.1, 0.15) is 58.4 Å². The first kappa shape index (κ1) is 23.8. The van der Waals surface area contributed by atoms with Crippen molar-refractivity contribution in [3.05, 3.63) is 36.2 Å². The molecule has 0 radical (unpaired) electrons. The first-order valence-corrected chi connectivity index (χ1v) is 11.3. The Kier molecular flexibility index (Phi) is 8.27. The number of carbonyl (C=O) groups is 1. The van der Waals surface area contributed by atoms with Gasteiger partial charge < -0.3 is 24.8 Å². The van der Waals surface area contributed by atoms with Crippen LogP contribution in [0.15, 0.2) is 30.6 Å². The molecular weight excluding hydrogens is 408 g/mol. The fraction of sp³-hybridized carbons (Fsp3) is 0.542. The lowest BCUT2D eigenvalue weighted by Crippen LogP contribution is -2.39. The van der Waals surface area contributed by atoms with Crippen LogP contribution in [0, 0.1) is 0 Å². The third kappa shape index (κ3) is 6.32. The minimum absolute atomic E-state index is 0.00500. The smallest absolute Gasteiger partial charge is 0.316 e. The molecule has 1 aliphatic heterocycles. The highest BCUT2D eigenvalue weighted by molar-refractivity contribution is 5.76. The van der Waals surface area contributed by atoms with Crippen LogP contribution in [0.5, 0.6) is 6.01 Å². The van der Waals surface area contributed by atoms with Crippen molar-refractivity contribution in [1.82, 2.24) is 9.97 Å². The summed E-state index contributed by atoms with van der Waals surface area (Å²) in [5.41, 5.74) is 3.71. The average Bonchev–Trinajstić information content (AvgIpc) is 2.76. The van der Waals surface area contributed by atoms with Gasteiger partial charge in [0.05, 0.1) is 42.0 Å². The van der Waals surface area contributed by atoms with Gasteiger partial charge in [0.25, 0.3) is 0 Å². The summed E-state index contributed by atoms with van der Waals surface area (Å²) >= 11 is 0. The van der Waals surface area contributed by atoms with Crippen LogP contribution in [-0.2, 0) is 9.53 Å². The zero-order chi connectivity index (χ0) is 23.1. The maximum Gasteiger partial charge on any atom is 0.316 e. The summed E-state index contributed by atoms with van der Waals surface area (Å²) in [5, 5.41) is 12.7. The number of nitrogens with zero attached hydrogens (tertiary/aromatic N) is 3. The highest BCUT2D eigenvalue weighted by Crippen LogP contribution is 2.35. The fourth-order valence-electron chi connectivity index (χ4n) is 4.02. The summed E-state index contributed by atoms with van der Waals surface area (Å²) in [6.07, 6.45) is 5.45. The van der Waals surface area contributed by atoms with E-state index in [1.807, 2.05) is 32.9 Å². The number of carboxylic acids is 1. The van der Waals surface area contributed by atoms with E-state index in [1.165, 1.54) is 0 Å². The average molecular weight is 443 g/mol. The molecule has 1 aromatic carbocycles. The van der Waals surface area contributed by atoms with Crippen molar-refractivity contribution in [2.45, 2.75) is 65.0 Å². The molecule has 8 heteroatoms. The van der Waals surface area contributed by atoms with Crippen molar-refractivity contribution in [2.75, 3.05) is 30.0 Å². The topological polar surface area (TPSA) is 96.8 Å². The van der Waals surface area contributed by atoms with Crippen LogP contribution in [0.2, 0.25) is 0 Å². The highest BCUT2D eigenvalue weighted by atomic mass is 16.5. The van der Waals surface area contributed by atoms with Crippen molar-refractivity contribution in [3.8, 4) is 6.01 Å². The van der Waals surface area contributed by atoms with Gasteiger partial charge in [-0.25, -0.2) is 9.97 Å². The van der Waals surface area contributed by atoms with Gasteiger partial charge in [0.15, 0.2) is 0 Å². The summed E-state index contributed by atoms with van der Waals surface area (Å²) in [6.45, 7) is 10.3. The molecule has 1 unspecified atom stereocenters. The van der Waals surface area contributed by atoms with Gasteiger partial charge in [-0.3, -0.25) is 4.79 Å². The SMILES string of the molecule is CCN(c1ccc(C(C)CC(=O)O)cc1Nc1cnc(OC(C)C)nc1)C1CCOCC1. The Morgan fingerprint density at radius 3 is 2.53 bits per heavy atom. The molecule has 0 spiro atoms. The molecule has 1 fully saturated rings. The predicted octanol–water partition coefficient (Wildman–Crippen LogP) is 4.59. The number of nitrogens with one attached hydrogen (secondary N) is 1. The molecule has 0 saturated carbocycles. The molecule has 0 bridgehead atoms. The molecule has 1 aliphatic rings. The minimum Gasteiger partial charge on any atom is -0.481 e. The van der Waals surface area contributed by atoms with Gasteiger partial charge in [-0.1, -0.05) is 13.0 Å². The molecule has 1 saturated heterocycles. The van der Waals surface area contributed by atoms with Gasteiger partial charge in [0, 0.05) is 25.8 Å². The minimum atomic E-state index is -0.803. The number of aromatic nitrogens is 2. The lowest BCUT2D eigenvalue weighted by molar-refractivity contribution is -0.137. The van der Waals surface area contributed by atoms with E-state index in [4.69, 9.17) is 9.47 Å². The standard InChI is InChI=1S/C24H34N4O4/c1-5-28(20-8-10-31-11-9-20)22-7-6-18(17(4)12-23(29)30)13-21(22)27-19-14-25-24(26-15-19)32-16(2)3/h6-7,13-17,20,27H,5,8-12H2,1-4H3,(H,29,30). The molecule has 174 valence electrons. The normalized spacial score (nSPS) is 15.4. The van der Waals surface area contributed by atoms with Crippen molar-refractivity contribution in [1.29, 1.82) is 0 Å². The zero-order valence-corrected chi connectivity index (χ0v) is 19.4. The molecule has 2 N–H and O–H groups in total. The van der Waals surface area contributed by atoms with Crippen LogP contribution in [0.4, 0.5) is 17.1 Å². The van der Waals surface area contributed by atoms with Gasteiger partial charge in [0.1, 0.15) is 0 Å². The molecule has 3 rings (SSSR count). The maximum absolute atomic E-state index is 11.2. The molecule has 2 aromatic rings. The second kappa shape index (κ2) is 11.1. The Morgan fingerprint density at radius 1 is 1.25 bits per heavy atom. The highest BCUT2D eigenvalue weighted by Gasteiger charge is 2.23. The Balaban J connectivity index is 1.92. The summed E-state index contributed by atoms with van der Waals surface area (Å²) in [6, 6.07) is 6.91. The van der Waals surface area contributed by atoms with Gasteiger partial charge in [-0.15, -0.1) is 0 Å². The molecule has 1 atom stereocenters. The van der Waals surface area contributed by atoms with Crippen LogP contribution in [-0.4, -0.2) is 52.9 Å². The number of aliphatic carboxylic acids is 1. The monoisotopic (exact) mass is 442 g/mol. The number of hydrogen-bond acceptors (Lipinski definition) is 7. The van der Waals surface area contributed by atoms with Crippen LogP contribution < -0.4 is 15.0 Å². The van der Waals surface area contributed by atoms with E-state index in [-0.39, 0.29) is 18.4 Å². The van der Waals surface area contributed by atoms with Gasteiger partial charge >= 0.3 is 12.0 Å². The van der Waals surface area contributed by atoms with E-state index in [0.717, 1.165) is 55.2 Å². The Hall–Kier alpha value is -2.87. The summed E-state index contributed by atoms with van der Waals surface area (Å²) in [7, 11) is 0. The van der Waals surface area contributed by atoms with Gasteiger partial charge in [-0.05, 0) is 57.2 Å². The van der Waals surface area contributed by atoms with Gasteiger partial charge in [-0.2, -0.15) is 0 Å². The van der Waals surface area contributed by atoms with Crippen molar-refractivity contribution in [3.63, 3.8) is 0 Å². The zero-order valence-electron chi connectivity index (χ0n) is 19.4. The number of ether oxygens (including phenoxy) is 2. The van der Waals surface area contributed by atoms with Crippen molar-refractivity contribution < 1.29 is 19.4 Å². The van der Waals surface area contributed by atoms with Crippen LogP contribution in [0.25, 0.3) is 0 Å². The third-order valence-corrected chi connectivity index (χ3v) is 5.60. The molecular formula is C24H34N4O4. The van der Waals surface area contributed by atoms with E-state index in [9.17, 15) is 9.90 Å². The largest absolute Gasteiger partial charge is 0.481 e. The maximum atomic E-state index is 11.2.